The fourth-order valence-corrected chi connectivity index (χ4v) is 3.01. The molecule has 1 N–H and O–H groups in total. The molecule has 4 heteroatoms. The van der Waals surface area contributed by atoms with E-state index in [2.05, 4.69) is 36.3 Å². The second kappa shape index (κ2) is 5.63. The standard InChI is InChI=1S/C13H19N3S/c1-10-7-11(5-6-16(10)2)15-9-13-4-3-12(8-14)17-13/h3-4,10-11,15H,5-7,9H2,1-2H3. The van der Waals surface area contributed by atoms with Gasteiger partial charge in [-0.15, -0.1) is 11.3 Å². The number of rotatable bonds is 3. The van der Waals surface area contributed by atoms with Crippen LogP contribution >= 0.6 is 11.3 Å². The van der Waals surface area contributed by atoms with Crippen LogP contribution in [0.5, 0.6) is 0 Å². The summed E-state index contributed by atoms with van der Waals surface area (Å²) < 4.78 is 0. The fourth-order valence-electron chi connectivity index (χ4n) is 2.25. The van der Waals surface area contributed by atoms with E-state index in [0.29, 0.717) is 12.1 Å². The molecule has 3 nitrogen and oxygen atoms in total. The van der Waals surface area contributed by atoms with Crippen LogP contribution in [0.4, 0.5) is 0 Å². The SMILES string of the molecule is CC1CC(NCc2ccc(C#N)s2)CCN1C. The van der Waals surface area contributed by atoms with Crippen LogP contribution in [0.3, 0.4) is 0 Å². The predicted octanol–water partition coefficient (Wildman–Crippen LogP) is 2.19. The van der Waals surface area contributed by atoms with E-state index in [4.69, 9.17) is 5.26 Å². The van der Waals surface area contributed by atoms with Crippen LogP contribution in [-0.2, 0) is 6.54 Å². The maximum atomic E-state index is 8.77. The van der Waals surface area contributed by atoms with Gasteiger partial charge in [-0.05, 0) is 45.5 Å². The first-order valence-corrected chi connectivity index (χ1v) is 6.93. The maximum Gasteiger partial charge on any atom is 0.110 e. The highest BCUT2D eigenvalue weighted by Crippen LogP contribution is 2.18. The minimum atomic E-state index is 0.619. The van der Waals surface area contributed by atoms with Gasteiger partial charge in [0.2, 0.25) is 0 Å². The number of piperidine rings is 1. The molecule has 0 bridgehead atoms. The Morgan fingerprint density at radius 3 is 3.06 bits per heavy atom. The van der Waals surface area contributed by atoms with Crippen molar-refractivity contribution < 1.29 is 0 Å². The molecule has 0 saturated carbocycles. The average molecular weight is 249 g/mol. The van der Waals surface area contributed by atoms with Crippen LogP contribution in [0.1, 0.15) is 29.5 Å². The summed E-state index contributed by atoms with van der Waals surface area (Å²) in [6.45, 7) is 4.35. The van der Waals surface area contributed by atoms with Crippen molar-refractivity contribution in [3.63, 3.8) is 0 Å². The molecule has 1 saturated heterocycles. The van der Waals surface area contributed by atoms with Crippen molar-refractivity contribution in [1.82, 2.24) is 10.2 Å². The Kier molecular flexibility index (Phi) is 4.16. The van der Waals surface area contributed by atoms with Gasteiger partial charge in [0.15, 0.2) is 0 Å². The van der Waals surface area contributed by atoms with Crippen LogP contribution < -0.4 is 5.32 Å². The normalized spacial score (nSPS) is 25.7. The predicted molar refractivity (Wildman–Crippen MR) is 71.0 cm³/mol. The van der Waals surface area contributed by atoms with Crippen molar-refractivity contribution in [3.8, 4) is 6.07 Å². The zero-order chi connectivity index (χ0) is 12.3. The molecule has 2 rings (SSSR count). The molecular formula is C13H19N3S. The Morgan fingerprint density at radius 1 is 1.59 bits per heavy atom. The molecule has 0 amide bonds. The van der Waals surface area contributed by atoms with E-state index in [1.807, 2.05) is 6.07 Å². The van der Waals surface area contributed by atoms with E-state index in [1.165, 1.54) is 24.3 Å². The summed E-state index contributed by atoms with van der Waals surface area (Å²) in [5, 5.41) is 12.4. The molecule has 92 valence electrons. The molecule has 0 radical (unpaired) electrons. The summed E-state index contributed by atoms with van der Waals surface area (Å²) in [4.78, 5) is 4.48. The van der Waals surface area contributed by atoms with Crippen LogP contribution in [-0.4, -0.2) is 30.6 Å². The number of likely N-dealkylation sites (tertiary alicyclic amines) is 1. The van der Waals surface area contributed by atoms with E-state index in [9.17, 15) is 0 Å². The lowest BCUT2D eigenvalue weighted by Gasteiger charge is -2.35. The fraction of sp³-hybridized carbons (Fsp3) is 0.615. The Hall–Kier alpha value is -0.890. The second-order valence-electron chi connectivity index (χ2n) is 4.81. The van der Waals surface area contributed by atoms with Crippen molar-refractivity contribution in [3.05, 3.63) is 21.9 Å². The van der Waals surface area contributed by atoms with Gasteiger partial charge in [0, 0.05) is 23.5 Å². The first-order chi connectivity index (χ1) is 8.19. The summed E-state index contributed by atoms with van der Waals surface area (Å²) in [5.74, 6) is 0. The number of nitrogens with one attached hydrogen (secondary N) is 1. The van der Waals surface area contributed by atoms with Gasteiger partial charge in [-0.1, -0.05) is 0 Å². The molecule has 17 heavy (non-hydrogen) atoms. The molecule has 1 aliphatic rings. The van der Waals surface area contributed by atoms with Crippen molar-refractivity contribution in [1.29, 1.82) is 5.26 Å². The third-order valence-electron chi connectivity index (χ3n) is 3.55. The van der Waals surface area contributed by atoms with Crippen molar-refractivity contribution in [2.75, 3.05) is 13.6 Å². The molecular weight excluding hydrogens is 230 g/mol. The van der Waals surface area contributed by atoms with Gasteiger partial charge in [0.1, 0.15) is 10.9 Å². The summed E-state index contributed by atoms with van der Waals surface area (Å²) in [5.41, 5.74) is 0. The molecule has 0 aromatic carbocycles. The molecule has 1 aromatic rings. The number of thiophene rings is 1. The minimum Gasteiger partial charge on any atom is -0.309 e. The smallest absolute Gasteiger partial charge is 0.110 e. The Bertz CT molecular complexity index is 407. The van der Waals surface area contributed by atoms with Crippen LogP contribution in [0.25, 0.3) is 0 Å². The largest absolute Gasteiger partial charge is 0.309 e. The second-order valence-corrected chi connectivity index (χ2v) is 5.98. The molecule has 0 aliphatic carbocycles. The molecule has 2 heterocycles. The minimum absolute atomic E-state index is 0.619. The first-order valence-electron chi connectivity index (χ1n) is 6.11. The lowest BCUT2D eigenvalue weighted by atomic mass is 9.99. The molecule has 2 atom stereocenters. The monoisotopic (exact) mass is 249 g/mol. The summed E-state index contributed by atoms with van der Waals surface area (Å²) in [6.07, 6.45) is 2.43. The van der Waals surface area contributed by atoms with Crippen molar-refractivity contribution in [2.45, 2.75) is 38.4 Å². The number of hydrogen-bond acceptors (Lipinski definition) is 4. The molecule has 2 unspecified atom stereocenters. The molecule has 1 fully saturated rings. The topological polar surface area (TPSA) is 39.1 Å². The van der Waals surface area contributed by atoms with E-state index in [0.717, 1.165) is 11.4 Å². The number of nitrogens with zero attached hydrogens (tertiary/aromatic N) is 2. The number of nitriles is 1. The summed E-state index contributed by atoms with van der Waals surface area (Å²) in [7, 11) is 2.19. The first kappa shape index (κ1) is 12.6. The zero-order valence-electron chi connectivity index (χ0n) is 10.4. The summed E-state index contributed by atoms with van der Waals surface area (Å²) >= 11 is 1.59. The van der Waals surface area contributed by atoms with Crippen molar-refractivity contribution >= 4 is 11.3 Å². The van der Waals surface area contributed by atoms with Crippen LogP contribution in [0.2, 0.25) is 0 Å². The highest BCUT2D eigenvalue weighted by molar-refractivity contribution is 7.12. The van der Waals surface area contributed by atoms with Gasteiger partial charge in [0.25, 0.3) is 0 Å². The van der Waals surface area contributed by atoms with Gasteiger partial charge in [-0.2, -0.15) is 5.26 Å². The van der Waals surface area contributed by atoms with Gasteiger partial charge in [-0.25, -0.2) is 0 Å². The molecule has 1 aliphatic heterocycles. The van der Waals surface area contributed by atoms with Crippen molar-refractivity contribution in [2.24, 2.45) is 0 Å². The quantitative estimate of drug-likeness (QED) is 0.892. The lowest BCUT2D eigenvalue weighted by molar-refractivity contribution is 0.168. The van der Waals surface area contributed by atoms with E-state index >= 15 is 0 Å². The third kappa shape index (κ3) is 3.29. The van der Waals surface area contributed by atoms with Crippen LogP contribution in [0, 0.1) is 11.3 Å². The highest BCUT2D eigenvalue weighted by Gasteiger charge is 2.22. The Labute approximate surface area is 107 Å². The zero-order valence-corrected chi connectivity index (χ0v) is 11.3. The van der Waals surface area contributed by atoms with E-state index in [1.54, 1.807) is 11.3 Å². The lowest BCUT2D eigenvalue weighted by Crippen LogP contribution is -2.45. The summed E-state index contributed by atoms with van der Waals surface area (Å²) in [6, 6.07) is 7.42. The van der Waals surface area contributed by atoms with E-state index in [-0.39, 0.29) is 0 Å². The average Bonchev–Trinajstić information content (AvgIpc) is 2.79. The Morgan fingerprint density at radius 2 is 2.41 bits per heavy atom. The van der Waals surface area contributed by atoms with Gasteiger partial charge in [-0.3, -0.25) is 0 Å². The molecule has 1 aromatic heterocycles. The van der Waals surface area contributed by atoms with Crippen LogP contribution in [0.15, 0.2) is 12.1 Å². The van der Waals surface area contributed by atoms with E-state index < -0.39 is 0 Å². The van der Waals surface area contributed by atoms with Gasteiger partial charge >= 0.3 is 0 Å². The molecule has 0 spiro atoms. The maximum absolute atomic E-state index is 8.77. The van der Waals surface area contributed by atoms with Gasteiger partial charge in [0.05, 0.1) is 0 Å². The highest BCUT2D eigenvalue weighted by atomic mass is 32.1. The van der Waals surface area contributed by atoms with Gasteiger partial charge < -0.3 is 10.2 Å². The Balaban J connectivity index is 1.81. The third-order valence-corrected chi connectivity index (χ3v) is 4.54. The number of hydrogen-bond donors (Lipinski definition) is 1.